The second-order valence-corrected chi connectivity index (χ2v) is 8.96. The standard InChI is InChI=1S/C22H21N5O5S/c1-33(30,31)32-18(19(15-8-4-2-5-9-15)16-10-6-3-7-11-16)13-27-22(23-14-25-27)20-21(29)17(28)12-24-26-20/h2-12,14,18-19H,13H2,1H3,(H,24,29)(H,26,28). The smallest absolute Gasteiger partial charge is 0.264 e. The van der Waals surface area contributed by atoms with Crippen LogP contribution in [-0.4, -0.2) is 50.8 Å². The molecule has 11 heteroatoms. The normalized spacial score (nSPS) is 12.7. The van der Waals surface area contributed by atoms with Gasteiger partial charge in [0.25, 0.3) is 10.1 Å². The molecule has 4 rings (SSSR count). The molecule has 0 aliphatic rings. The van der Waals surface area contributed by atoms with Gasteiger partial charge in [-0.25, -0.2) is 9.67 Å². The summed E-state index contributed by atoms with van der Waals surface area (Å²) in [5.41, 5.74) is 0.969. The van der Waals surface area contributed by atoms with Crippen LogP contribution in [0.15, 0.2) is 78.0 Å². The van der Waals surface area contributed by atoms with E-state index in [1.54, 1.807) is 0 Å². The van der Waals surface area contributed by atoms with Crippen molar-refractivity contribution >= 4 is 10.1 Å². The van der Waals surface area contributed by atoms with Crippen molar-refractivity contribution in [2.75, 3.05) is 6.26 Å². The fraction of sp³-hybridized carbons (Fsp3) is 0.182. The van der Waals surface area contributed by atoms with Gasteiger partial charge in [0.1, 0.15) is 18.1 Å². The van der Waals surface area contributed by atoms with E-state index in [2.05, 4.69) is 20.3 Å². The Kier molecular flexibility index (Phi) is 6.33. The predicted octanol–water partition coefficient (Wildman–Crippen LogP) is 1.91. The van der Waals surface area contributed by atoms with Crippen molar-refractivity contribution in [1.29, 1.82) is 0 Å². The van der Waals surface area contributed by atoms with Crippen LogP contribution in [0.2, 0.25) is 0 Å². The number of benzene rings is 2. The van der Waals surface area contributed by atoms with Crippen molar-refractivity contribution in [2.45, 2.75) is 18.6 Å². The van der Waals surface area contributed by atoms with Crippen molar-refractivity contribution in [3.05, 3.63) is 94.5 Å². The Morgan fingerprint density at radius 1 is 1.06 bits per heavy atom. The molecule has 2 N–H and O–H groups in total. The Hall–Kier alpha value is -3.83. The van der Waals surface area contributed by atoms with Crippen molar-refractivity contribution in [2.24, 2.45) is 0 Å². The van der Waals surface area contributed by atoms with Gasteiger partial charge in [-0.2, -0.15) is 18.6 Å². The van der Waals surface area contributed by atoms with E-state index in [0.29, 0.717) is 0 Å². The highest BCUT2D eigenvalue weighted by molar-refractivity contribution is 7.86. The number of rotatable bonds is 8. The zero-order chi connectivity index (χ0) is 23.4. The number of nitrogens with one attached hydrogen (secondary N) is 1. The molecule has 0 bridgehead atoms. The maximum Gasteiger partial charge on any atom is 0.264 e. The first-order valence-electron chi connectivity index (χ1n) is 9.96. The third-order valence-electron chi connectivity index (χ3n) is 5.01. The highest BCUT2D eigenvalue weighted by atomic mass is 32.2. The summed E-state index contributed by atoms with van der Waals surface area (Å²) in [4.78, 5) is 16.0. The number of H-pyrrole nitrogens is 1. The zero-order valence-electron chi connectivity index (χ0n) is 17.6. The minimum atomic E-state index is -3.86. The molecule has 1 atom stereocenters. The Morgan fingerprint density at radius 3 is 2.24 bits per heavy atom. The Labute approximate surface area is 189 Å². The molecule has 4 aromatic rings. The molecule has 0 spiro atoms. The fourth-order valence-corrected chi connectivity index (χ4v) is 4.29. The summed E-state index contributed by atoms with van der Waals surface area (Å²) in [5, 5.41) is 20.6. The van der Waals surface area contributed by atoms with Gasteiger partial charge < -0.3 is 5.11 Å². The van der Waals surface area contributed by atoms with Gasteiger partial charge in [-0.3, -0.25) is 14.1 Å². The van der Waals surface area contributed by atoms with E-state index in [9.17, 15) is 18.3 Å². The van der Waals surface area contributed by atoms with Crippen LogP contribution in [0.3, 0.4) is 0 Å². The molecule has 0 aliphatic heterocycles. The lowest BCUT2D eigenvalue weighted by molar-refractivity contribution is 0.167. The summed E-state index contributed by atoms with van der Waals surface area (Å²) >= 11 is 0. The number of aromatic hydroxyl groups is 1. The van der Waals surface area contributed by atoms with Crippen LogP contribution in [0.25, 0.3) is 11.5 Å². The first-order chi connectivity index (χ1) is 15.8. The molecule has 0 amide bonds. The molecule has 170 valence electrons. The molecule has 33 heavy (non-hydrogen) atoms. The monoisotopic (exact) mass is 467 g/mol. The van der Waals surface area contributed by atoms with E-state index in [0.717, 1.165) is 23.6 Å². The van der Waals surface area contributed by atoms with Crippen molar-refractivity contribution in [1.82, 2.24) is 25.0 Å². The van der Waals surface area contributed by atoms with Crippen LogP contribution in [-0.2, 0) is 20.8 Å². The minimum absolute atomic E-state index is 0.0333. The van der Waals surface area contributed by atoms with E-state index in [1.807, 2.05) is 60.7 Å². The Morgan fingerprint density at radius 2 is 1.67 bits per heavy atom. The van der Waals surface area contributed by atoms with Crippen molar-refractivity contribution in [3.63, 3.8) is 0 Å². The quantitative estimate of drug-likeness (QED) is 0.375. The van der Waals surface area contributed by atoms with E-state index in [-0.39, 0.29) is 18.1 Å². The fourth-order valence-electron chi connectivity index (χ4n) is 3.67. The highest BCUT2D eigenvalue weighted by Crippen LogP contribution is 2.32. The van der Waals surface area contributed by atoms with Crippen LogP contribution < -0.4 is 5.43 Å². The maximum absolute atomic E-state index is 12.2. The SMILES string of the molecule is CS(=O)(=O)OC(Cn1ncnc1-c1[nH]ncc(=O)c1O)C(c1ccccc1)c1ccccc1. The second kappa shape index (κ2) is 9.35. The number of hydrogen-bond acceptors (Lipinski definition) is 8. The van der Waals surface area contributed by atoms with Gasteiger partial charge in [0.15, 0.2) is 11.6 Å². The molecule has 0 radical (unpaired) electrons. The van der Waals surface area contributed by atoms with Gasteiger partial charge >= 0.3 is 0 Å². The topological polar surface area (TPSA) is 140 Å². The average Bonchev–Trinajstić information content (AvgIpc) is 3.24. The van der Waals surface area contributed by atoms with Crippen LogP contribution in [0.4, 0.5) is 0 Å². The largest absolute Gasteiger partial charge is 0.503 e. The molecule has 10 nitrogen and oxygen atoms in total. The third-order valence-corrected chi connectivity index (χ3v) is 5.60. The summed E-state index contributed by atoms with van der Waals surface area (Å²) < 4.78 is 31.4. The highest BCUT2D eigenvalue weighted by Gasteiger charge is 2.31. The molecule has 2 aromatic carbocycles. The molecular formula is C22H21N5O5S. The van der Waals surface area contributed by atoms with E-state index >= 15 is 0 Å². The number of hydrogen-bond donors (Lipinski definition) is 2. The van der Waals surface area contributed by atoms with Crippen LogP contribution >= 0.6 is 0 Å². The Balaban J connectivity index is 1.81. The van der Waals surface area contributed by atoms with Gasteiger partial charge in [-0.05, 0) is 11.1 Å². The number of aromatic nitrogens is 5. The number of nitrogens with zero attached hydrogens (tertiary/aromatic N) is 4. The zero-order valence-corrected chi connectivity index (χ0v) is 18.4. The first-order valence-corrected chi connectivity index (χ1v) is 11.8. The lowest BCUT2D eigenvalue weighted by atomic mass is 9.86. The number of aromatic amines is 1. The van der Waals surface area contributed by atoms with Crippen LogP contribution in [0.1, 0.15) is 17.0 Å². The summed E-state index contributed by atoms with van der Waals surface area (Å²) in [6.45, 7) is -0.0484. The van der Waals surface area contributed by atoms with Crippen molar-refractivity contribution < 1.29 is 17.7 Å². The minimum Gasteiger partial charge on any atom is -0.503 e. The van der Waals surface area contributed by atoms with Gasteiger partial charge in [-0.15, -0.1) is 0 Å². The summed E-state index contributed by atoms with van der Waals surface area (Å²) in [5.74, 6) is -0.928. The van der Waals surface area contributed by atoms with Gasteiger partial charge in [0, 0.05) is 5.92 Å². The second-order valence-electron chi connectivity index (χ2n) is 7.36. The average molecular weight is 468 g/mol. The molecule has 2 heterocycles. The van der Waals surface area contributed by atoms with Crippen LogP contribution in [0.5, 0.6) is 5.75 Å². The first kappa shape index (κ1) is 22.4. The Bertz CT molecular complexity index is 1350. The molecule has 0 saturated heterocycles. The van der Waals surface area contributed by atoms with Gasteiger partial charge in [-0.1, -0.05) is 60.7 Å². The molecule has 0 fully saturated rings. The van der Waals surface area contributed by atoms with E-state index in [4.69, 9.17) is 4.18 Å². The molecule has 1 unspecified atom stereocenters. The molecule has 2 aromatic heterocycles. The molecular weight excluding hydrogens is 446 g/mol. The lowest BCUT2D eigenvalue weighted by Gasteiger charge is -2.27. The molecule has 0 aliphatic carbocycles. The lowest BCUT2D eigenvalue weighted by Crippen LogP contribution is -2.31. The summed E-state index contributed by atoms with van der Waals surface area (Å²) in [6.07, 6.45) is 2.24. The van der Waals surface area contributed by atoms with E-state index in [1.165, 1.54) is 11.0 Å². The van der Waals surface area contributed by atoms with Crippen LogP contribution in [0, 0.1) is 0 Å². The van der Waals surface area contributed by atoms with E-state index < -0.39 is 33.3 Å². The summed E-state index contributed by atoms with van der Waals surface area (Å²) in [6, 6.07) is 18.8. The van der Waals surface area contributed by atoms with Crippen molar-refractivity contribution in [3.8, 4) is 17.3 Å². The molecule has 0 saturated carbocycles. The summed E-state index contributed by atoms with van der Waals surface area (Å²) in [7, 11) is -3.86. The predicted molar refractivity (Wildman–Crippen MR) is 120 cm³/mol. The van der Waals surface area contributed by atoms with Gasteiger partial charge in [0.05, 0.1) is 19.0 Å². The third kappa shape index (κ3) is 5.16. The van der Waals surface area contributed by atoms with Gasteiger partial charge in [0.2, 0.25) is 5.43 Å². The maximum atomic E-state index is 12.2.